The summed E-state index contributed by atoms with van der Waals surface area (Å²) in [6.07, 6.45) is 7.21. The lowest BCUT2D eigenvalue weighted by Crippen LogP contribution is -2.02. The molecule has 1 unspecified atom stereocenters. The summed E-state index contributed by atoms with van der Waals surface area (Å²) in [7, 11) is 0. The van der Waals surface area contributed by atoms with Gasteiger partial charge in [-0.25, -0.2) is 4.98 Å². The Hall–Kier alpha value is -1.29. The van der Waals surface area contributed by atoms with Gasteiger partial charge in [-0.1, -0.05) is 0 Å². The number of hydrogen-bond acceptors (Lipinski definition) is 3. The van der Waals surface area contributed by atoms with Crippen molar-refractivity contribution in [3.05, 3.63) is 35.8 Å². The molecule has 0 aromatic carbocycles. The third-order valence-corrected chi connectivity index (χ3v) is 4.42. The first kappa shape index (κ1) is 10.8. The number of nitrogens with zero attached hydrogens (tertiary/aromatic N) is 2. The number of hydrogen-bond donors (Lipinski definition) is 0. The summed E-state index contributed by atoms with van der Waals surface area (Å²) in [6, 6.07) is 3.65. The van der Waals surface area contributed by atoms with Crippen molar-refractivity contribution in [2.45, 2.75) is 12.8 Å². The second-order valence-corrected chi connectivity index (χ2v) is 5.66. The minimum atomic E-state index is 0.686. The molecular weight excluding hydrogens is 232 g/mol. The first-order chi connectivity index (χ1) is 8.35. The van der Waals surface area contributed by atoms with Crippen LogP contribution in [0, 0.1) is 5.92 Å². The number of rotatable bonds is 3. The fourth-order valence-electron chi connectivity index (χ4n) is 2.26. The van der Waals surface area contributed by atoms with E-state index in [0.29, 0.717) is 5.56 Å². The molecule has 3 rings (SSSR count). The molecule has 0 bridgehead atoms. The maximum absolute atomic E-state index is 10.7. The average molecular weight is 246 g/mol. The van der Waals surface area contributed by atoms with Crippen molar-refractivity contribution in [3.63, 3.8) is 0 Å². The summed E-state index contributed by atoms with van der Waals surface area (Å²) >= 11 is 2.03. The highest BCUT2D eigenvalue weighted by molar-refractivity contribution is 7.99. The molecule has 88 valence electrons. The van der Waals surface area contributed by atoms with E-state index in [1.807, 2.05) is 34.5 Å². The number of carbonyl (C=O) groups is 1. The van der Waals surface area contributed by atoms with Crippen LogP contribution in [0.2, 0.25) is 0 Å². The Kier molecular flexibility index (Phi) is 2.89. The number of fused-ring (bicyclic) bond motifs is 1. The van der Waals surface area contributed by atoms with Gasteiger partial charge in [0.1, 0.15) is 11.9 Å². The Bertz CT molecular complexity index is 543. The fourth-order valence-corrected chi connectivity index (χ4v) is 3.55. The zero-order valence-electron chi connectivity index (χ0n) is 9.50. The van der Waals surface area contributed by atoms with Crippen molar-refractivity contribution in [2.24, 2.45) is 5.92 Å². The summed E-state index contributed by atoms with van der Waals surface area (Å²) < 4.78 is 1.99. The second kappa shape index (κ2) is 4.53. The van der Waals surface area contributed by atoms with Crippen LogP contribution in [0.5, 0.6) is 0 Å². The van der Waals surface area contributed by atoms with Gasteiger partial charge in [0.15, 0.2) is 0 Å². The molecule has 2 aromatic rings. The van der Waals surface area contributed by atoms with E-state index in [4.69, 9.17) is 0 Å². The Balaban J connectivity index is 1.87. The summed E-state index contributed by atoms with van der Waals surface area (Å²) in [5.74, 6) is 3.32. The largest absolute Gasteiger partial charge is 0.307 e. The first-order valence-corrected chi connectivity index (χ1v) is 7.01. The molecule has 1 aliphatic heterocycles. The van der Waals surface area contributed by atoms with Gasteiger partial charge in [-0.05, 0) is 42.4 Å². The lowest BCUT2D eigenvalue weighted by molar-refractivity contribution is 0.112. The van der Waals surface area contributed by atoms with E-state index in [1.54, 1.807) is 0 Å². The monoisotopic (exact) mass is 246 g/mol. The standard InChI is InChI=1S/C13H14N2OS/c16-8-10-1-3-15-7-12(14-13(15)6-10)5-11-2-4-17-9-11/h1,3,6-8,11H,2,4-5,9H2. The zero-order valence-corrected chi connectivity index (χ0v) is 10.3. The van der Waals surface area contributed by atoms with Gasteiger partial charge in [-0.15, -0.1) is 0 Å². The Morgan fingerprint density at radius 1 is 1.59 bits per heavy atom. The van der Waals surface area contributed by atoms with Crippen LogP contribution in [0.4, 0.5) is 0 Å². The Labute approximate surface area is 104 Å². The zero-order chi connectivity index (χ0) is 11.7. The smallest absolute Gasteiger partial charge is 0.150 e. The van der Waals surface area contributed by atoms with Crippen LogP contribution in [0.1, 0.15) is 22.5 Å². The predicted octanol–water partition coefficient (Wildman–Crippen LogP) is 2.44. The molecule has 1 atom stereocenters. The van der Waals surface area contributed by atoms with Crippen LogP contribution < -0.4 is 0 Å². The highest BCUT2D eigenvalue weighted by Crippen LogP contribution is 2.26. The van der Waals surface area contributed by atoms with Crippen molar-refractivity contribution in [2.75, 3.05) is 11.5 Å². The van der Waals surface area contributed by atoms with Gasteiger partial charge < -0.3 is 4.40 Å². The fraction of sp³-hybridized carbons (Fsp3) is 0.385. The van der Waals surface area contributed by atoms with Gasteiger partial charge in [0.05, 0.1) is 5.69 Å². The van der Waals surface area contributed by atoms with Gasteiger partial charge in [0, 0.05) is 18.0 Å². The molecule has 0 N–H and O–H groups in total. The van der Waals surface area contributed by atoms with E-state index < -0.39 is 0 Å². The van der Waals surface area contributed by atoms with Gasteiger partial charge in [0.25, 0.3) is 0 Å². The number of aromatic nitrogens is 2. The minimum absolute atomic E-state index is 0.686. The lowest BCUT2D eigenvalue weighted by atomic mass is 10.0. The quantitative estimate of drug-likeness (QED) is 0.780. The maximum Gasteiger partial charge on any atom is 0.150 e. The molecule has 3 heterocycles. The van der Waals surface area contributed by atoms with Crippen molar-refractivity contribution >= 4 is 23.7 Å². The SMILES string of the molecule is O=Cc1ccn2cc(CC3CCSC3)nc2c1. The number of aldehydes is 1. The molecule has 17 heavy (non-hydrogen) atoms. The molecule has 0 amide bonds. The van der Waals surface area contributed by atoms with Crippen LogP contribution in [0.15, 0.2) is 24.5 Å². The van der Waals surface area contributed by atoms with E-state index in [2.05, 4.69) is 11.2 Å². The number of imidazole rings is 1. The highest BCUT2D eigenvalue weighted by Gasteiger charge is 2.17. The summed E-state index contributed by atoms with van der Waals surface area (Å²) in [5.41, 5.74) is 2.70. The van der Waals surface area contributed by atoms with E-state index in [-0.39, 0.29) is 0 Å². The van der Waals surface area contributed by atoms with Crippen LogP contribution in [0.3, 0.4) is 0 Å². The maximum atomic E-state index is 10.7. The van der Waals surface area contributed by atoms with Crippen molar-refractivity contribution in [1.82, 2.24) is 9.38 Å². The van der Waals surface area contributed by atoms with Crippen molar-refractivity contribution < 1.29 is 4.79 Å². The van der Waals surface area contributed by atoms with E-state index >= 15 is 0 Å². The average Bonchev–Trinajstić information content (AvgIpc) is 2.96. The van der Waals surface area contributed by atoms with Crippen LogP contribution >= 0.6 is 11.8 Å². The first-order valence-electron chi connectivity index (χ1n) is 5.86. The summed E-state index contributed by atoms with van der Waals surface area (Å²) in [5, 5.41) is 0. The van der Waals surface area contributed by atoms with Crippen molar-refractivity contribution in [1.29, 1.82) is 0 Å². The van der Waals surface area contributed by atoms with Crippen LogP contribution in [-0.4, -0.2) is 27.2 Å². The number of pyridine rings is 1. The molecule has 1 saturated heterocycles. The molecular formula is C13H14N2OS. The van der Waals surface area contributed by atoms with Crippen LogP contribution in [0.25, 0.3) is 5.65 Å². The van der Waals surface area contributed by atoms with Crippen LogP contribution in [-0.2, 0) is 6.42 Å². The van der Waals surface area contributed by atoms with E-state index in [9.17, 15) is 4.79 Å². The minimum Gasteiger partial charge on any atom is -0.307 e. The van der Waals surface area contributed by atoms with Crippen molar-refractivity contribution in [3.8, 4) is 0 Å². The van der Waals surface area contributed by atoms with E-state index in [1.165, 1.54) is 17.9 Å². The molecule has 4 heteroatoms. The lowest BCUT2D eigenvalue weighted by Gasteiger charge is -2.03. The molecule has 0 saturated carbocycles. The molecule has 1 fully saturated rings. The molecule has 0 spiro atoms. The molecule has 2 aromatic heterocycles. The van der Waals surface area contributed by atoms with Gasteiger partial charge in [0.2, 0.25) is 0 Å². The Morgan fingerprint density at radius 2 is 2.53 bits per heavy atom. The van der Waals surface area contributed by atoms with Gasteiger partial charge in [-0.2, -0.15) is 11.8 Å². The molecule has 0 radical (unpaired) electrons. The number of carbonyl (C=O) groups excluding carboxylic acids is 1. The summed E-state index contributed by atoms with van der Waals surface area (Å²) in [6.45, 7) is 0. The van der Waals surface area contributed by atoms with Gasteiger partial charge in [-0.3, -0.25) is 4.79 Å². The molecule has 3 nitrogen and oxygen atoms in total. The van der Waals surface area contributed by atoms with E-state index in [0.717, 1.165) is 30.0 Å². The highest BCUT2D eigenvalue weighted by atomic mass is 32.2. The third-order valence-electron chi connectivity index (χ3n) is 3.19. The number of thioether (sulfide) groups is 1. The van der Waals surface area contributed by atoms with Gasteiger partial charge >= 0.3 is 0 Å². The molecule has 1 aliphatic rings. The summed E-state index contributed by atoms with van der Waals surface area (Å²) in [4.78, 5) is 15.3. The third kappa shape index (κ3) is 2.22. The molecule has 0 aliphatic carbocycles. The second-order valence-electron chi connectivity index (χ2n) is 4.51. The predicted molar refractivity (Wildman–Crippen MR) is 69.7 cm³/mol. The normalized spacial score (nSPS) is 19.9. The topological polar surface area (TPSA) is 34.4 Å². The Morgan fingerprint density at radius 3 is 3.29 bits per heavy atom.